The number of carbonyl (C=O) groups is 2. The van der Waals surface area contributed by atoms with Crippen molar-refractivity contribution in [3.05, 3.63) is 35.9 Å². The number of hydrogen-bond acceptors (Lipinski definition) is 3. The lowest BCUT2D eigenvalue weighted by Gasteiger charge is -2.21. The van der Waals surface area contributed by atoms with Gasteiger partial charge in [-0.15, -0.1) is 0 Å². The van der Waals surface area contributed by atoms with Gasteiger partial charge < -0.3 is 10.1 Å². The largest absolute Gasteiger partial charge is 0.469 e. The van der Waals surface area contributed by atoms with Crippen molar-refractivity contribution in [1.82, 2.24) is 5.32 Å². The Bertz CT molecular complexity index is 690. The molecule has 1 aromatic carbocycles. The Morgan fingerprint density at radius 3 is 2.08 bits per heavy atom. The zero-order chi connectivity index (χ0) is 26.6. The second-order valence-electron chi connectivity index (χ2n) is 10.9. The second-order valence-corrected chi connectivity index (χ2v) is 10.9. The van der Waals surface area contributed by atoms with Crippen LogP contribution in [0.1, 0.15) is 123 Å². The van der Waals surface area contributed by atoms with Crippen molar-refractivity contribution in [3.63, 3.8) is 0 Å². The molecule has 0 aliphatic carbocycles. The molecule has 4 heteroatoms. The summed E-state index contributed by atoms with van der Waals surface area (Å²) < 4.78 is 5.08. The monoisotopic (exact) mass is 501 g/mol. The van der Waals surface area contributed by atoms with Crippen LogP contribution in [0.3, 0.4) is 0 Å². The molecular formula is C32H55NO3. The maximum Gasteiger partial charge on any atom is 0.308 e. The van der Waals surface area contributed by atoms with Crippen molar-refractivity contribution in [2.45, 2.75) is 124 Å². The van der Waals surface area contributed by atoms with E-state index < -0.39 is 0 Å². The molecule has 1 rings (SSSR count). The molecule has 0 fully saturated rings. The summed E-state index contributed by atoms with van der Waals surface area (Å²) in [5, 5.41) is 3.05. The van der Waals surface area contributed by atoms with Gasteiger partial charge in [-0.1, -0.05) is 122 Å². The molecule has 0 heterocycles. The molecule has 1 aromatic rings. The normalized spacial score (nSPS) is 14.6. The van der Waals surface area contributed by atoms with Crippen molar-refractivity contribution < 1.29 is 14.3 Å². The predicted molar refractivity (Wildman–Crippen MR) is 152 cm³/mol. The summed E-state index contributed by atoms with van der Waals surface area (Å²) in [5.74, 6) is 1.23. The number of nitrogens with one attached hydrogen (secondary N) is 1. The van der Waals surface area contributed by atoms with Gasteiger partial charge >= 0.3 is 5.97 Å². The van der Waals surface area contributed by atoms with Crippen molar-refractivity contribution in [1.29, 1.82) is 0 Å². The summed E-state index contributed by atoms with van der Waals surface area (Å²) >= 11 is 0. The van der Waals surface area contributed by atoms with E-state index in [1.165, 1.54) is 64.9 Å². The van der Waals surface area contributed by atoms with Gasteiger partial charge in [-0.3, -0.25) is 9.59 Å². The van der Waals surface area contributed by atoms with E-state index in [0.717, 1.165) is 43.1 Å². The van der Waals surface area contributed by atoms with Gasteiger partial charge in [0.1, 0.15) is 0 Å². The predicted octanol–water partition coefficient (Wildman–Crippen LogP) is 8.48. The Morgan fingerprint density at radius 2 is 1.47 bits per heavy atom. The van der Waals surface area contributed by atoms with E-state index >= 15 is 0 Å². The smallest absolute Gasteiger partial charge is 0.308 e. The summed E-state index contributed by atoms with van der Waals surface area (Å²) in [6.07, 6.45) is 16.2. The van der Waals surface area contributed by atoms with Gasteiger partial charge in [-0.05, 0) is 43.1 Å². The summed E-state index contributed by atoms with van der Waals surface area (Å²) in [6, 6.07) is 9.94. The van der Waals surface area contributed by atoms with Crippen LogP contribution in [0.2, 0.25) is 0 Å². The highest BCUT2D eigenvalue weighted by Crippen LogP contribution is 2.26. The van der Waals surface area contributed by atoms with Crippen molar-refractivity contribution in [3.8, 4) is 0 Å². The average molecular weight is 502 g/mol. The van der Waals surface area contributed by atoms with Crippen LogP contribution in [0.4, 0.5) is 0 Å². The maximum atomic E-state index is 12.8. The number of hydrogen-bond donors (Lipinski definition) is 1. The van der Waals surface area contributed by atoms with Crippen molar-refractivity contribution in [2.24, 2.45) is 23.7 Å². The minimum absolute atomic E-state index is 0.0318. The summed E-state index contributed by atoms with van der Waals surface area (Å²) in [5.41, 5.74) is 1.08. The summed E-state index contributed by atoms with van der Waals surface area (Å²) in [4.78, 5) is 25.2. The first kappa shape index (κ1) is 32.2. The fraction of sp³-hybridized carbons (Fsp3) is 0.750. The third kappa shape index (κ3) is 14.0. The van der Waals surface area contributed by atoms with E-state index in [2.05, 4.69) is 26.1 Å². The maximum absolute atomic E-state index is 12.8. The van der Waals surface area contributed by atoms with E-state index in [-0.39, 0.29) is 23.7 Å². The molecule has 0 bridgehead atoms. The molecule has 0 saturated heterocycles. The van der Waals surface area contributed by atoms with E-state index in [1.807, 2.05) is 37.3 Å². The fourth-order valence-electron chi connectivity index (χ4n) is 5.31. The second kappa shape index (κ2) is 20.2. The molecule has 0 aromatic heterocycles. The third-order valence-corrected chi connectivity index (χ3v) is 7.81. The molecule has 206 valence electrons. The highest BCUT2D eigenvalue weighted by molar-refractivity contribution is 5.80. The number of benzene rings is 1. The van der Waals surface area contributed by atoms with Gasteiger partial charge in [0.05, 0.1) is 13.0 Å². The molecule has 0 spiro atoms. The molecule has 36 heavy (non-hydrogen) atoms. The molecule has 0 aliphatic heterocycles. The van der Waals surface area contributed by atoms with Gasteiger partial charge in [0.25, 0.3) is 0 Å². The number of rotatable bonds is 21. The number of ether oxygens (including phenoxy) is 1. The first-order valence-electron chi connectivity index (χ1n) is 14.8. The highest BCUT2D eigenvalue weighted by atomic mass is 16.5. The Hall–Kier alpha value is -1.84. The van der Waals surface area contributed by atoms with Crippen LogP contribution < -0.4 is 5.32 Å². The average Bonchev–Trinajstić information content (AvgIpc) is 2.90. The third-order valence-electron chi connectivity index (χ3n) is 7.81. The van der Waals surface area contributed by atoms with Crippen LogP contribution in [0.25, 0.3) is 0 Å². The van der Waals surface area contributed by atoms with E-state index in [1.54, 1.807) is 0 Å². The molecule has 0 aliphatic rings. The van der Waals surface area contributed by atoms with E-state index in [0.29, 0.717) is 13.0 Å². The van der Waals surface area contributed by atoms with Crippen LogP contribution in [-0.2, 0) is 20.9 Å². The number of esters is 1. The topological polar surface area (TPSA) is 55.4 Å². The lowest BCUT2D eigenvalue weighted by atomic mass is 9.86. The van der Waals surface area contributed by atoms with Crippen LogP contribution in [0, 0.1) is 23.7 Å². The van der Waals surface area contributed by atoms with Gasteiger partial charge in [0, 0.05) is 12.5 Å². The Kier molecular flexibility index (Phi) is 18.1. The van der Waals surface area contributed by atoms with Crippen molar-refractivity contribution in [2.75, 3.05) is 7.11 Å². The van der Waals surface area contributed by atoms with Gasteiger partial charge in [0.2, 0.25) is 5.91 Å². The Balaban J connectivity index is 2.32. The molecule has 4 unspecified atom stereocenters. The molecule has 1 amide bonds. The molecule has 1 N–H and O–H groups in total. The van der Waals surface area contributed by atoms with Crippen LogP contribution in [0.5, 0.6) is 0 Å². The number of unbranched alkanes of at least 4 members (excludes halogenated alkanes) is 5. The first-order valence-corrected chi connectivity index (χ1v) is 14.8. The Labute approximate surface area is 222 Å². The zero-order valence-corrected chi connectivity index (χ0v) is 24.0. The molecule has 4 atom stereocenters. The minimum atomic E-state index is -0.198. The lowest BCUT2D eigenvalue weighted by molar-refractivity contribution is -0.146. The molecule has 0 radical (unpaired) electrons. The molecular weight excluding hydrogens is 446 g/mol. The van der Waals surface area contributed by atoms with Crippen LogP contribution >= 0.6 is 0 Å². The lowest BCUT2D eigenvalue weighted by Crippen LogP contribution is -2.32. The zero-order valence-electron chi connectivity index (χ0n) is 24.0. The van der Waals surface area contributed by atoms with Crippen LogP contribution in [-0.4, -0.2) is 19.0 Å². The number of amides is 1. The fourth-order valence-corrected chi connectivity index (χ4v) is 5.31. The molecule has 0 saturated carbocycles. The quantitative estimate of drug-likeness (QED) is 0.136. The number of methoxy groups -OCH3 is 1. The van der Waals surface area contributed by atoms with Crippen molar-refractivity contribution >= 4 is 11.9 Å². The SMILES string of the molecule is CCCCC(CC)CC(C)CCCCCCCC(CC(CC)C(=O)NCc1ccccc1)C(=O)OC. The minimum Gasteiger partial charge on any atom is -0.469 e. The summed E-state index contributed by atoms with van der Waals surface area (Å²) in [7, 11) is 1.46. The van der Waals surface area contributed by atoms with E-state index in [4.69, 9.17) is 4.74 Å². The van der Waals surface area contributed by atoms with E-state index in [9.17, 15) is 9.59 Å². The molecule has 4 nitrogen and oxygen atoms in total. The Morgan fingerprint density at radius 1 is 0.806 bits per heavy atom. The highest BCUT2D eigenvalue weighted by Gasteiger charge is 2.26. The van der Waals surface area contributed by atoms with Gasteiger partial charge in [-0.25, -0.2) is 0 Å². The van der Waals surface area contributed by atoms with Gasteiger partial charge in [0.15, 0.2) is 0 Å². The summed E-state index contributed by atoms with van der Waals surface area (Å²) in [6.45, 7) is 9.60. The van der Waals surface area contributed by atoms with Crippen LogP contribution in [0.15, 0.2) is 30.3 Å². The van der Waals surface area contributed by atoms with Gasteiger partial charge in [-0.2, -0.15) is 0 Å². The number of carbonyl (C=O) groups excluding carboxylic acids is 2. The standard InChI is InChI=1S/C32H55NO3/c1-6-9-19-27(7-2)23-26(4)18-14-11-10-12-17-22-30(32(35)36-5)24-29(8-3)31(34)33-25-28-20-15-13-16-21-28/h13,15-16,20-21,26-27,29-30H,6-12,14,17-19,22-25H2,1-5H3,(H,33,34). The first-order chi connectivity index (χ1) is 17.4.